The highest BCUT2D eigenvalue weighted by Gasteiger charge is 2.21. The summed E-state index contributed by atoms with van der Waals surface area (Å²) in [6, 6.07) is 7.42. The molecule has 2 amide bonds. The first-order chi connectivity index (χ1) is 11.2. The number of hydrogen-bond donors (Lipinski definition) is 1. The van der Waals surface area contributed by atoms with E-state index < -0.39 is 12.0 Å². The first kappa shape index (κ1) is 14.9. The molecule has 23 heavy (non-hydrogen) atoms. The number of fused-ring (bicyclic) bond motifs is 1. The van der Waals surface area contributed by atoms with Crippen molar-refractivity contribution in [2.45, 2.75) is 13.0 Å². The van der Waals surface area contributed by atoms with Gasteiger partial charge in [0.05, 0.1) is 24.9 Å². The molecule has 3 rings (SSSR count). The van der Waals surface area contributed by atoms with Gasteiger partial charge in [0.2, 0.25) is 11.8 Å². The van der Waals surface area contributed by atoms with Crippen LogP contribution in [0, 0.1) is 5.92 Å². The van der Waals surface area contributed by atoms with Crippen LogP contribution in [-0.2, 0) is 22.5 Å². The van der Waals surface area contributed by atoms with E-state index in [2.05, 4.69) is 25.2 Å². The van der Waals surface area contributed by atoms with E-state index in [0.717, 1.165) is 5.22 Å². The molecular weight excluding hydrogens is 300 g/mol. The van der Waals surface area contributed by atoms with Gasteiger partial charge in [-0.25, -0.2) is 9.79 Å². The van der Waals surface area contributed by atoms with Gasteiger partial charge in [-0.05, 0) is 11.3 Å². The van der Waals surface area contributed by atoms with E-state index in [1.54, 1.807) is 6.07 Å². The summed E-state index contributed by atoms with van der Waals surface area (Å²) in [5.41, 5.74) is 0. The second kappa shape index (κ2) is 6.39. The first-order valence-electron chi connectivity index (χ1n) is 6.98. The average Bonchev–Trinajstić information content (AvgIpc) is 3.01. The molecule has 1 N–H and O–H groups in total. The van der Waals surface area contributed by atoms with E-state index in [1.807, 2.05) is 24.3 Å². The summed E-state index contributed by atoms with van der Waals surface area (Å²) in [6.45, 7) is 0.0647. The maximum atomic E-state index is 12.1. The molecule has 8 nitrogen and oxygen atoms in total. The minimum Gasteiger partial charge on any atom is -0.453 e. The van der Waals surface area contributed by atoms with Gasteiger partial charge < -0.3 is 14.5 Å². The van der Waals surface area contributed by atoms with Crippen molar-refractivity contribution in [3.63, 3.8) is 0 Å². The summed E-state index contributed by atoms with van der Waals surface area (Å²) in [5, 5.41) is 11.7. The molecule has 1 atom stereocenters. The minimum absolute atomic E-state index is 0.0647. The van der Waals surface area contributed by atoms with Crippen LogP contribution in [0.2, 0.25) is 0 Å². The Labute approximate surface area is 130 Å². The highest BCUT2D eigenvalue weighted by Crippen LogP contribution is 2.12. The Morgan fingerprint density at radius 2 is 2.09 bits per heavy atom. The molecule has 1 aliphatic rings. The lowest BCUT2D eigenvalue weighted by molar-refractivity contribution is -0.120. The predicted molar refractivity (Wildman–Crippen MR) is 77.4 cm³/mol. The zero-order valence-corrected chi connectivity index (χ0v) is 12.4. The normalized spacial score (nSPS) is 16.0. The molecular formula is C15H14N4O4. The monoisotopic (exact) mass is 314 g/mol. The zero-order valence-electron chi connectivity index (χ0n) is 12.4. The molecule has 2 heterocycles. The van der Waals surface area contributed by atoms with E-state index >= 15 is 0 Å². The summed E-state index contributed by atoms with van der Waals surface area (Å²) >= 11 is 0. The number of nitrogens with one attached hydrogen (secondary N) is 1. The molecule has 8 heteroatoms. The number of hydrogen-bond acceptors (Lipinski definition) is 6. The van der Waals surface area contributed by atoms with Crippen molar-refractivity contribution >= 4 is 18.1 Å². The number of alkyl carbamates (subject to hydrolysis) is 1. The van der Waals surface area contributed by atoms with Crippen LogP contribution < -0.4 is 15.9 Å². The van der Waals surface area contributed by atoms with Gasteiger partial charge in [0.15, 0.2) is 0 Å². The Bertz CT molecular complexity index is 858. The maximum Gasteiger partial charge on any atom is 0.407 e. The molecule has 1 aromatic heterocycles. The second-order valence-electron chi connectivity index (χ2n) is 4.92. The van der Waals surface area contributed by atoms with Crippen molar-refractivity contribution in [3.8, 4) is 0 Å². The van der Waals surface area contributed by atoms with E-state index in [-0.39, 0.29) is 24.8 Å². The van der Waals surface area contributed by atoms with Crippen LogP contribution in [0.25, 0.3) is 6.08 Å². The van der Waals surface area contributed by atoms with E-state index in [9.17, 15) is 9.59 Å². The number of amides is 2. The Kier molecular flexibility index (Phi) is 4.13. The third-order valence-electron chi connectivity index (χ3n) is 3.34. The van der Waals surface area contributed by atoms with E-state index in [1.165, 1.54) is 7.11 Å². The number of para-hydroxylation sites is 1. The first-order valence-corrected chi connectivity index (χ1v) is 6.98. The van der Waals surface area contributed by atoms with Crippen LogP contribution in [0.5, 0.6) is 0 Å². The molecule has 0 spiro atoms. The summed E-state index contributed by atoms with van der Waals surface area (Å²) < 4.78 is 9.86. The van der Waals surface area contributed by atoms with Gasteiger partial charge in [-0.2, -0.15) is 0 Å². The maximum absolute atomic E-state index is 12.1. The molecule has 0 saturated carbocycles. The molecule has 0 radical (unpaired) electrons. The molecule has 1 aromatic carbocycles. The van der Waals surface area contributed by atoms with Crippen molar-refractivity contribution in [1.82, 2.24) is 15.5 Å². The number of methoxy groups -OCH3 is 1. The molecule has 1 aliphatic heterocycles. The standard InChI is InChI=1S/C15H14N4O4/c1-22-15(21)16-8-13-19-18-12(23-13)7-10-6-9-4-2-3-5-11(9)17-14(10)20/h2-6,10H,7-8H2,1H3,(H,16,21). The smallest absolute Gasteiger partial charge is 0.407 e. The highest BCUT2D eigenvalue weighted by molar-refractivity contribution is 5.86. The lowest BCUT2D eigenvalue weighted by Gasteiger charge is -2.09. The quantitative estimate of drug-likeness (QED) is 0.832. The lowest BCUT2D eigenvalue weighted by Crippen LogP contribution is -2.34. The van der Waals surface area contributed by atoms with Gasteiger partial charge in [0.1, 0.15) is 0 Å². The van der Waals surface area contributed by atoms with Gasteiger partial charge in [0.25, 0.3) is 5.91 Å². The molecule has 0 aliphatic carbocycles. The summed E-state index contributed by atoms with van der Waals surface area (Å²) in [6.07, 6.45) is 1.53. The van der Waals surface area contributed by atoms with Crippen LogP contribution >= 0.6 is 0 Å². The number of benzene rings is 1. The Morgan fingerprint density at radius 1 is 1.30 bits per heavy atom. The molecule has 0 bridgehead atoms. The lowest BCUT2D eigenvalue weighted by atomic mass is 10.0. The van der Waals surface area contributed by atoms with Crippen LogP contribution in [0.3, 0.4) is 0 Å². The Hall–Kier alpha value is -3.03. The number of carbonyl (C=O) groups is 2. The third-order valence-corrected chi connectivity index (χ3v) is 3.34. The van der Waals surface area contributed by atoms with Crippen molar-refractivity contribution in [1.29, 1.82) is 0 Å². The summed E-state index contributed by atoms with van der Waals surface area (Å²) in [5.74, 6) is -0.121. The third kappa shape index (κ3) is 3.42. The van der Waals surface area contributed by atoms with Crippen molar-refractivity contribution in [2.75, 3.05) is 7.11 Å². The summed E-state index contributed by atoms with van der Waals surface area (Å²) in [7, 11) is 1.26. The average molecular weight is 314 g/mol. The van der Waals surface area contributed by atoms with Crippen LogP contribution in [-0.4, -0.2) is 29.3 Å². The zero-order chi connectivity index (χ0) is 16.2. The Balaban J connectivity index is 1.71. The van der Waals surface area contributed by atoms with Gasteiger partial charge in [0, 0.05) is 6.42 Å². The highest BCUT2D eigenvalue weighted by atomic mass is 16.5. The number of nitrogens with zero attached hydrogens (tertiary/aromatic N) is 3. The topological polar surface area (TPSA) is 107 Å². The van der Waals surface area contributed by atoms with E-state index in [0.29, 0.717) is 11.2 Å². The van der Waals surface area contributed by atoms with Gasteiger partial charge >= 0.3 is 6.09 Å². The molecule has 0 saturated heterocycles. The number of rotatable bonds is 4. The largest absolute Gasteiger partial charge is 0.453 e. The molecule has 118 valence electrons. The van der Waals surface area contributed by atoms with Crippen LogP contribution in [0.15, 0.2) is 33.7 Å². The number of carbonyl (C=O) groups excluding carboxylic acids is 2. The Morgan fingerprint density at radius 3 is 2.91 bits per heavy atom. The molecule has 2 aromatic rings. The van der Waals surface area contributed by atoms with Crippen molar-refractivity contribution in [3.05, 3.63) is 46.6 Å². The molecule has 1 unspecified atom stereocenters. The van der Waals surface area contributed by atoms with Gasteiger partial charge in [-0.15, -0.1) is 10.2 Å². The SMILES string of the molecule is COC(=O)NCc1nnc(CC2C=c3ccccc3=NC2=O)o1. The van der Waals surface area contributed by atoms with Gasteiger partial charge in [-0.3, -0.25) is 4.79 Å². The fraction of sp³-hybridized carbons (Fsp3) is 0.267. The van der Waals surface area contributed by atoms with E-state index in [4.69, 9.17) is 4.42 Å². The van der Waals surface area contributed by atoms with Crippen LogP contribution in [0.4, 0.5) is 4.79 Å². The van der Waals surface area contributed by atoms with Crippen LogP contribution in [0.1, 0.15) is 11.8 Å². The fourth-order valence-electron chi connectivity index (χ4n) is 2.22. The van der Waals surface area contributed by atoms with Crippen molar-refractivity contribution < 1.29 is 18.7 Å². The molecule has 0 fully saturated rings. The second-order valence-corrected chi connectivity index (χ2v) is 4.92. The predicted octanol–water partition coefficient (Wildman–Crippen LogP) is -0.275. The number of ether oxygens (including phenoxy) is 1. The number of aromatic nitrogens is 2. The summed E-state index contributed by atoms with van der Waals surface area (Å²) in [4.78, 5) is 27.1. The van der Waals surface area contributed by atoms with Crippen molar-refractivity contribution in [2.24, 2.45) is 10.9 Å². The van der Waals surface area contributed by atoms with Gasteiger partial charge in [-0.1, -0.05) is 24.3 Å². The minimum atomic E-state index is -0.587. The fourth-order valence-corrected chi connectivity index (χ4v) is 2.22.